The maximum absolute atomic E-state index is 14.5. The number of rotatable bonds is 4. The normalized spacial score (nSPS) is 13.3. The third kappa shape index (κ3) is 3.75. The fourth-order valence-corrected chi connectivity index (χ4v) is 2.30. The number of anilines is 1. The number of halogens is 1. The lowest BCUT2D eigenvalue weighted by Gasteiger charge is -2.23. The number of ether oxygens (including phenoxy) is 2. The Labute approximate surface area is 144 Å². The first-order valence-corrected chi connectivity index (χ1v) is 7.23. The number of benzene rings is 1. The average Bonchev–Trinajstić information content (AvgIpc) is 2.83. The fraction of sp³-hybridized carbons (Fsp3) is 0.167. The fourth-order valence-electron chi connectivity index (χ4n) is 2.30. The minimum atomic E-state index is -0.822. The molecule has 1 aromatic carbocycles. The second-order valence-electron chi connectivity index (χ2n) is 4.94. The molecule has 0 atom stereocenters. The standard InChI is InChI=1S/C18H15FN2O4/c1-24-17(22)13-5-3-4-10-21(16(13)18(23)25-2)15-7-6-12(8-9-20)11-14(15)19/h3-7,10-11H,8H2,1-2H3. The van der Waals surface area contributed by atoms with Crippen LogP contribution < -0.4 is 4.90 Å². The van der Waals surface area contributed by atoms with E-state index in [-0.39, 0.29) is 23.4 Å². The zero-order valence-corrected chi connectivity index (χ0v) is 13.7. The number of hydrogen-bond acceptors (Lipinski definition) is 6. The van der Waals surface area contributed by atoms with Crippen molar-refractivity contribution in [1.29, 1.82) is 5.26 Å². The molecule has 7 heteroatoms. The summed E-state index contributed by atoms with van der Waals surface area (Å²) in [5, 5.41) is 8.71. The Bertz CT molecular complexity index is 834. The van der Waals surface area contributed by atoms with Crippen LogP contribution >= 0.6 is 0 Å². The van der Waals surface area contributed by atoms with Crippen LogP contribution in [0.3, 0.4) is 0 Å². The molecule has 0 unspecified atom stereocenters. The van der Waals surface area contributed by atoms with Gasteiger partial charge in [0.25, 0.3) is 0 Å². The molecule has 1 heterocycles. The lowest BCUT2D eigenvalue weighted by Crippen LogP contribution is -2.27. The third-order valence-electron chi connectivity index (χ3n) is 3.44. The first-order chi connectivity index (χ1) is 12.0. The number of esters is 2. The second kappa shape index (κ2) is 7.93. The van der Waals surface area contributed by atoms with Gasteiger partial charge in [0.15, 0.2) is 0 Å². The number of hydrogen-bond donors (Lipinski definition) is 0. The van der Waals surface area contributed by atoms with E-state index in [9.17, 15) is 14.0 Å². The average molecular weight is 342 g/mol. The van der Waals surface area contributed by atoms with Gasteiger partial charge in [0.1, 0.15) is 11.5 Å². The lowest BCUT2D eigenvalue weighted by molar-refractivity contribution is -0.139. The summed E-state index contributed by atoms with van der Waals surface area (Å²) in [6.45, 7) is 0. The van der Waals surface area contributed by atoms with Crippen LogP contribution in [0.25, 0.3) is 0 Å². The molecule has 0 N–H and O–H groups in total. The largest absolute Gasteiger partial charge is 0.465 e. The molecule has 0 saturated heterocycles. The van der Waals surface area contributed by atoms with E-state index in [1.165, 1.54) is 42.5 Å². The SMILES string of the molecule is COC(=O)C1=C(C(=O)OC)N(c2ccc(CC#N)cc2F)C=CC=C1. The summed E-state index contributed by atoms with van der Waals surface area (Å²) in [5.74, 6) is -2.23. The van der Waals surface area contributed by atoms with Crippen LogP contribution in [0.2, 0.25) is 0 Å². The van der Waals surface area contributed by atoms with Gasteiger partial charge in [-0.25, -0.2) is 14.0 Å². The second-order valence-corrected chi connectivity index (χ2v) is 4.94. The van der Waals surface area contributed by atoms with Gasteiger partial charge in [-0.1, -0.05) is 12.1 Å². The van der Waals surface area contributed by atoms with E-state index in [1.54, 1.807) is 12.1 Å². The van der Waals surface area contributed by atoms with E-state index in [0.29, 0.717) is 5.56 Å². The highest BCUT2D eigenvalue weighted by molar-refractivity contribution is 6.05. The molecule has 6 nitrogen and oxygen atoms in total. The summed E-state index contributed by atoms with van der Waals surface area (Å²) in [6, 6.07) is 6.14. The number of carbonyl (C=O) groups is 2. The highest BCUT2D eigenvalue weighted by atomic mass is 19.1. The first kappa shape index (κ1) is 17.9. The Morgan fingerprint density at radius 2 is 1.92 bits per heavy atom. The zero-order valence-electron chi connectivity index (χ0n) is 13.7. The summed E-state index contributed by atoms with van der Waals surface area (Å²) in [6.07, 6.45) is 5.94. The van der Waals surface area contributed by atoms with Crippen molar-refractivity contribution in [2.75, 3.05) is 19.1 Å². The zero-order chi connectivity index (χ0) is 18.4. The van der Waals surface area contributed by atoms with Crippen LogP contribution in [0.5, 0.6) is 0 Å². The molecule has 0 spiro atoms. The van der Waals surface area contributed by atoms with Gasteiger partial charge in [0.05, 0.1) is 38.0 Å². The summed E-state index contributed by atoms with van der Waals surface area (Å²) in [4.78, 5) is 25.5. The van der Waals surface area contributed by atoms with Gasteiger partial charge >= 0.3 is 11.9 Å². The molecule has 0 amide bonds. The number of methoxy groups -OCH3 is 2. The number of nitrogens with zero attached hydrogens (tertiary/aromatic N) is 2. The molecule has 25 heavy (non-hydrogen) atoms. The molecule has 0 bridgehead atoms. The van der Waals surface area contributed by atoms with Gasteiger partial charge < -0.3 is 14.4 Å². The molecular weight excluding hydrogens is 327 g/mol. The molecule has 2 rings (SSSR count). The third-order valence-corrected chi connectivity index (χ3v) is 3.44. The molecule has 128 valence electrons. The first-order valence-electron chi connectivity index (χ1n) is 7.23. The Kier molecular flexibility index (Phi) is 5.69. The van der Waals surface area contributed by atoms with Crippen molar-refractivity contribution in [1.82, 2.24) is 0 Å². The molecular formula is C18H15FN2O4. The minimum absolute atomic E-state index is 0.0310. The van der Waals surface area contributed by atoms with Crippen LogP contribution in [-0.2, 0) is 25.5 Å². The van der Waals surface area contributed by atoms with Gasteiger partial charge in [0.2, 0.25) is 0 Å². The minimum Gasteiger partial charge on any atom is -0.465 e. The van der Waals surface area contributed by atoms with Crippen molar-refractivity contribution >= 4 is 17.6 Å². The number of nitriles is 1. The summed E-state index contributed by atoms with van der Waals surface area (Å²) in [5.41, 5.74) is 0.284. The summed E-state index contributed by atoms with van der Waals surface area (Å²) in [7, 11) is 2.34. The van der Waals surface area contributed by atoms with Crippen LogP contribution in [0.15, 0.2) is 53.9 Å². The van der Waals surface area contributed by atoms with Crippen molar-refractivity contribution in [3.63, 3.8) is 0 Å². The van der Waals surface area contributed by atoms with Gasteiger partial charge in [-0.05, 0) is 29.8 Å². The van der Waals surface area contributed by atoms with Gasteiger partial charge in [0, 0.05) is 6.20 Å². The molecule has 0 radical (unpaired) electrons. The van der Waals surface area contributed by atoms with E-state index in [4.69, 9.17) is 14.7 Å². The number of carbonyl (C=O) groups excluding carboxylic acids is 2. The highest BCUT2D eigenvalue weighted by Crippen LogP contribution is 2.29. The van der Waals surface area contributed by atoms with Crippen molar-refractivity contribution in [2.24, 2.45) is 0 Å². The van der Waals surface area contributed by atoms with Crippen molar-refractivity contribution in [3.8, 4) is 6.07 Å². The van der Waals surface area contributed by atoms with Crippen LogP contribution in [0, 0.1) is 17.1 Å². The Morgan fingerprint density at radius 1 is 1.20 bits per heavy atom. The van der Waals surface area contributed by atoms with E-state index in [1.807, 2.05) is 6.07 Å². The molecule has 1 aromatic rings. The van der Waals surface area contributed by atoms with Crippen LogP contribution in [0.4, 0.5) is 10.1 Å². The quantitative estimate of drug-likeness (QED) is 0.782. The summed E-state index contributed by atoms with van der Waals surface area (Å²) < 4.78 is 24.0. The van der Waals surface area contributed by atoms with E-state index in [2.05, 4.69) is 0 Å². The molecule has 1 aliphatic rings. The van der Waals surface area contributed by atoms with Gasteiger partial charge in [-0.2, -0.15) is 5.26 Å². The molecule has 0 saturated carbocycles. The molecule has 1 aliphatic heterocycles. The molecule has 0 fully saturated rings. The van der Waals surface area contributed by atoms with E-state index >= 15 is 0 Å². The Balaban J connectivity index is 2.63. The van der Waals surface area contributed by atoms with Crippen LogP contribution in [-0.4, -0.2) is 26.2 Å². The maximum atomic E-state index is 14.5. The highest BCUT2D eigenvalue weighted by Gasteiger charge is 2.28. The van der Waals surface area contributed by atoms with E-state index in [0.717, 1.165) is 7.11 Å². The predicted molar refractivity (Wildman–Crippen MR) is 87.5 cm³/mol. The van der Waals surface area contributed by atoms with Crippen molar-refractivity contribution in [2.45, 2.75) is 6.42 Å². The number of allylic oxidation sites excluding steroid dienone is 2. The predicted octanol–water partition coefficient (Wildman–Crippen LogP) is 2.38. The van der Waals surface area contributed by atoms with Gasteiger partial charge in [-0.15, -0.1) is 0 Å². The van der Waals surface area contributed by atoms with Crippen LogP contribution in [0.1, 0.15) is 5.56 Å². The molecule has 0 aliphatic carbocycles. The monoisotopic (exact) mass is 342 g/mol. The maximum Gasteiger partial charge on any atom is 0.355 e. The topological polar surface area (TPSA) is 79.6 Å². The van der Waals surface area contributed by atoms with E-state index < -0.39 is 17.8 Å². The summed E-state index contributed by atoms with van der Waals surface area (Å²) >= 11 is 0. The lowest BCUT2D eigenvalue weighted by atomic mass is 10.1. The van der Waals surface area contributed by atoms with Crippen molar-refractivity contribution in [3.05, 3.63) is 65.3 Å². The molecule has 0 aromatic heterocycles. The Hall–Kier alpha value is -3.40. The Morgan fingerprint density at radius 3 is 2.52 bits per heavy atom. The van der Waals surface area contributed by atoms with Crippen molar-refractivity contribution < 1.29 is 23.5 Å². The van der Waals surface area contributed by atoms with Gasteiger partial charge in [-0.3, -0.25) is 0 Å². The smallest absolute Gasteiger partial charge is 0.355 e.